The summed E-state index contributed by atoms with van der Waals surface area (Å²) in [7, 11) is 1.79. The summed E-state index contributed by atoms with van der Waals surface area (Å²) in [6.45, 7) is 2.98. The van der Waals surface area contributed by atoms with E-state index in [4.69, 9.17) is 11.6 Å². The Morgan fingerprint density at radius 1 is 1.56 bits per heavy atom. The topological polar surface area (TPSA) is 32.3 Å². The first-order valence-corrected chi connectivity index (χ1v) is 6.43. The summed E-state index contributed by atoms with van der Waals surface area (Å²) in [5, 5.41) is 3.80. The summed E-state index contributed by atoms with van der Waals surface area (Å²) in [6.07, 6.45) is 0. The lowest BCUT2D eigenvalue weighted by Gasteiger charge is -2.15. The fraction of sp³-hybridized carbons (Fsp3) is 0.364. The molecule has 0 bridgehead atoms. The van der Waals surface area contributed by atoms with Crippen molar-refractivity contribution in [2.24, 2.45) is 0 Å². The molecule has 0 aliphatic heterocycles. The van der Waals surface area contributed by atoms with Gasteiger partial charge in [0.1, 0.15) is 0 Å². The average molecular weight is 353 g/mol. The zero-order valence-corrected chi connectivity index (χ0v) is 12.2. The Hall–Kier alpha value is -0.490. The predicted octanol–water partition coefficient (Wildman–Crippen LogP) is 2.83. The highest BCUT2D eigenvalue weighted by Crippen LogP contribution is 2.21. The molecule has 0 aliphatic rings. The molecule has 88 valence electrons. The number of rotatable bonds is 4. The highest BCUT2D eigenvalue weighted by atomic mass is 127. The molecule has 1 aromatic rings. The van der Waals surface area contributed by atoms with Gasteiger partial charge in [-0.25, -0.2) is 0 Å². The van der Waals surface area contributed by atoms with Gasteiger partial charge in [0.25, 0.3) is 0 Å². The van der Waals surface area contributed by atoms with Crippen LogP contribution in [0.2, 0.25) is 5.02 Å². The number of hydrogen-bond donors (Lipinski definition) is 1. The van der Waals surface area contributed by atoms with Gasteiger partial charge in [0.15, 0.2) is 0 Å². The monoisotopic (exact) mass is 352 g/mol. The Balaban J connectivity index is 2.58. The molecule has 1 rings (SSSR count). The minimum absolute atomic E-state index is 0.0771. The molecule has 0 spiro atoms. The summed E-state index contributed by atoms with van der Waals surface area (Å²) in [6, 6.07) is 5.54. The van der Waals surface area contributed by atoms with Gasteiger partial charge >= 0.3 is 0 Å². The van der Waals surface area contributed by atoms with Gasteiger partial charge in [-0.2, -0.15) is 0 Å². The van der Waals surface area contributed by atoms with Crippen LogP contribution in [0.4, 0.5) is 5.69 Å². The summed E-state index contributed by atoms with van der Waals surface area (Å²) in [4.78, 5) is 13.2. The molecule has 0 atom stereocenters. The van der Waals surface area contributed by atoms with Crippen LogP contribution in [0.25, 0.3) is 0 Å². The number of halogens is 2. The second kappa shape index (κ2) is 6.30. The molecular weight excluding hydrogens is 338 g/mol. The summed E-state index contributed by atoms with van der Waals surface area (Å²) in [5.74, 6) is 0.0771. The number of amides is 1. The van der Waals surface area contributed by atoms with Gasteiger partial charge in [0.2, 0.25) is 5.91 Å². The fourth-order valence-corrected chi connectivity index (χ4v) is 2.18. The van der Waals surface area contributed by atoms with Gasteiger partial charge in [-0.15, -0.1) is 0 Å². The lowest BCUT2D eigenvalue weighted by molar-refractivity contribution is -0.127. The summed E-state index contributed by atoms with van der Waals surface area (Å²) < 4.78 is 1.01. The minimum Gasteiger partial charge on any atom is -0.375 e. The maximum Gasteiger partial charge on any atom is 0.241 e. The van der Waals surface area contributed by atoms with E-state index in [1.54, 1.807) is 18.0 Å². The molecule has 0 aromatic heterocycles. The van der Waals surface area contributed by atoms with Crippen LogP contribution in [0.15, 0.2) is 18.2 Å². The maximum atomic E-state index is 11.6. The molecule has 1 N–H and O–H groups in total. The third-order valence-electron chi connectivity index (χ3n) is 2.26. The van der Waals surface area contributed by atoms with Crippen LogP contribution >= 0.6 is 34.2 Å². The van der Waals surface area contributed by atoms with Crippen molar-refractivity contribution in [3.8, 4) is 0 Å². The highest BCUT2D eigenvalue weighted by molar-refractivity contribution is 14.1. The summed E-state index contributed by atoms with van der Waals surface area (Å²) in [5.41, 5.74) is 0.933. The molecule has 0 unspecified atom stereocenters. The molecule has 0 saturated heterocycles. The van der Waals surface area contributed by atoms with Crippen LogP contribution in [0.3, 0.4) is 0 Å². The number of carbonyl (C=O) groups is 1. The molecule has 5 heteroatoms. The van der Waals surface area contributed by atoms with E-state index in [0.29, 0.717) is 11.6 Å². The molecule has 1 aromatic carbocycles. The normalized spacial score (nSPS) is 10.0. The van der Waals surface area contributed by atoms with Gasteiger partial charge in [0, 0.05) is 27.9 Å². The Kier molecular flexibility index (Phi) is 5.34. The highest BCUT2D eigenvalue weighted by Gasteiger charge is 2.07. The summed E-state index contributed by atoms with van der Waals surface area (Å²) >= 11 is 8.03. The molecule has 0 heterocycles. The predicted molar refractivity (Wildman–Crippen MR) is 76.0 cm³/mol. The Labute approximate surface area is 114 Å². The van der Waals surface area contributed by atoms with Crippen LogP contribution in [0.5, 0.6) is 0 Å². The van der Waals surface area contributed by atoms with Crippen molar-refractivity contribution in [2.45, 2.75) is 6.92 Å². The number of hydrogen-bond acceptors (Lipinski definition) is 2. The number of nitrogens with zero attached hydrogens (tertiary/aromatic N) is 1. The zero-order chi connectivity index (χ0) is 12.1. The first kappa shape index (κ1) is 13.6. The van der Waals surface area contributed by atoms with E-state index >= 15 is 0 Å². The number of anilines is 1. The van der Waals surface area contributed by atoms with E-state index in [0.717, 1.165) is 15.8 Å². The molecular formula is C11H14ClIN2O. The Bertz CT molecular complexity index is 384. The minimum atomic E-state index is 0.0771. The van der Waals surface area contributed by atoms with Crippen LogP contribution in [-0.4, -0.2) is 30.9 Å². The first-order chi connectivity index (χ1) is 7.54. The fourth-order valence-electron chi connectivity index (χ4n) is 1.11. The number of carbonyl (C=O) groups excluding carboxylic acids is 1. The maximum absolute atomic E-state index is 11.6. The van der Waals surface area contributed by atoms with E-state index < -0.39 is 0 Å². The first-order valence-electron chi connectivity index (χ1n) is 4.97. The van der Waals surface area contributed by atoms with Gasteiger partial charge in [0.05, 0.1) is 6.54 Å². The Morgan fingerprint density at radius 3 is 2.81 bits per heavy atom. The van der Waals surface area contributed by atoms with E-state index in [2.05, 4.69) is 27.9 Å². The molecule has 1 amide bonds. The second-order valence-corrected chi connectivity index (χ2v) is 4.98. The molecule has 0 radical (unpaired) electrons. The van der Waals surface area contributed by atoms with Crippen molar-refractivity contribution in [3.05, 3.63) is 26.8 Å². The van der Waals surface area contributed by atoms with Crippen molar-refractivity contribution in [3.63, 3.8) is 0 Å². The van der Waals surface area contributed by atoms with E-state index in [1.165, 1.54) is 0 Å². The van der Waals surface area contributed by atoms with Crippen molar-refractivity contribution >= 4 is 45.8 Å². The van der Waals surface area contributed by atoms with E-state index in [9.17, 15) is 4.79 Å². The van der Waals surface area contributed by atoms with Crippen LogP contribution in [0.1, 0.15) is 6.92 Å². The third kappa shape index (κ3) is 3.83. The largest absolute Gasteiger partial charge is 0.375 e. The van der Waals surface area contributed by atoms with Crippen molar-refractivity contribution in [1.82, 2.24) is 4.90 Å². The second-order valence-electron chi connectivity index (χ2n) is 3.39. The van der Waals surface area contributed by atoms with Gasteiger partial charge in [-0.05, 0) is 47.7 Å². The molecule has 0 saturated carbocycles. The van der Waals surface area contributed by atoms with Crippen LogP contribution in [-0.2, 0) is 4.79 Å². The quantitative estimate of drug-likeness (QED) is 0.845. The van der Waals surface area contributed by atoms with Crippen molar-refractivity contribution < 1.29 is 4.79 Å². The average Bonchev–Trinajstić information content (AvgIpc) is 2.26. The molecule has 3 nitrogen and oxygen atoms in total. The lowest BCUT2D eigenvalue weighted by atomic mass is 10.3. The van der Waals surface area contributed by atoms with Crippen LogP contribution in [0, 0.1) is 3.57 Å². The number of nitrogens with one attached hydrogen (secondary N) is 1. The van der Waals surface area contributed by atoms with Crippen LogP contribution < -0.4 is 5.32 Å². The van der Waals surface area contributed by atoms with Gasteiger partial charge < -0.3 is 10.2 Å². The molecule has 0 aliphatic carbocycles. The van der Waals surface area contributed by atoms with Gasteiger partial charge in [-0.3, -0.25) is 4.79 Å². The standard InChI is InChI=1S/C11H14ClIN2O/c1-3-15(2)11(16)7-14-10-5-4-8(12)6-9(10)13/h4-6,14H,3,7H2,1-2H3. The molecule has 0 fully saturated rings. The Morgan fingerprint density at radius 2 is 2.25 bits per heavy atom. The zero-order valence-electron chi connectivity index (χ0n) is 9.26. The SMILES string of the molecule is CCN(C)C(=O)CNc1ccc(Cl)cc1I. The van der Waals surface area contributed by atoms with E-state index in [-0.39, 0.29) is 5.91 Å². The van der Waals surface area contributed by atoms with E-state index in [1.807, 2.05) is 19.1 Å². The number of benzene rings is 1. The smallest absolute Gasteiger partial charge is 0.241 e. The third-order valence-corrected chi connectivity index (χ3v) is 3.39. The van der Waals surface area contributed by atoms with Crippen molar-refractivity contribution in [2.75, 3.05) is 25.5 Å². The van der Waals surface area contributed by atoms with Crippen molar-refractivity contribution in [1.29, 1.82) is 0 Å². The lowest BCUT2D eigenvalue weighted by Crippen LogP contribution is -2.32. The molecule has 16 heavy (non-hydrogen) atoms. The van der Waals surface area contributed by atoms with Gasteiger partial charge in [-0.1, -0.05) is 11.6 Å². The number of likely N-dealkylation sites (N-methyl/N-ethyl adjacent to an activating group) is 1.